The van der Waals surface area contributed by atoms with Crippen LogP contribution < -0.4 is 15.5 Å². The van der Waals surface area contributed by atoms with E-state index >= 15 is 0 Å². The molecule has 1 amide bonds. The first-order valence-electron chi connectivity index (χ1n) is 7.02. The van der Waals surface area contributed by atoms with Crippen LogP contribution in [0.2, 0.25) is 0 Å². The minimum absolute atomic E-state index is 0.155. The fourth-order valence-electron chi connectivity index (χ4n) is 2.40. The number of hydrogen-bond acceptors (Lipinski definition) is 4. The quantitative estimate of drug-likeness (QED) is 0.805. The molecular formula is C17H15N3O3. The van der Waals surface area contributed by atoms with Crippen LogP contribution in [0.15, 0.2) is 53.3 Å². The number of aromatic nitrogens is 2. The van der Waals surface area contributed by atoms with E-state index in [-0.39, 0.29) is 5.69 Å². The highest BCUT2D eigenvalue weighted by molar-refractivity contribution is 6.05. The number of rotatable bonds is 3. The zero-order valence-corrected chi connectivity index (χ0v) is 12.7. The Kier molecular flexibility index (Phi) is 3.80. The summed E-state index contributed by atoms with van der Waals surface area (Å²) in [6.07, 6.45) is 0. The summed E-state index contributed by atoms with van der Waals surface area (Å²) in [7, 11) is 3.21. The van der Waals surface area contributed by atoms with Crippen molar-refractivity contribution in [1.82, 2.24) is 9.78 Å². The van der Waals surface area contributed by atoms with Crippen molar-refractivity contribution in [1.29, 1.82) is 0 Å². The molecule has 116 valence electrons. The Morgan fingerprint density at radius 3 is 2.61 bits per heavy atom. The average Bonchev–Trinajstić information content (AvgIpc) is 2.58. The van der Waals surface area contributed by atoms with Crippen LogP contribution in [-0.2, 0) is 7.05 Å². The Morgan fingerprint density at radius 2 is 1.83 bits per heavy atom. The van der Waals surface area contributed by atoms with Gasteiger partial charge in [0.2, 0.25) is 5.43 Å². The Bertz CT molecular complexity index is 947. The molecule has 0 spiro atoms. The van der Waals surface area contributed by atoms with Gasteiger partial charge < -0.3 is 10.1 Å². The average molecular weight is 309 g/mol. The summed E-state index contributed by atoms with van der Waals surface area (Å²) in [5.74, 6) is -0.0562. The van der Waals surface area contributed by atoms with Crippen LogP contribution >= 0.6 is 0 Å². The summed E-state index contributed by atoms with van der Waals surface area (Å²) >= 11 is 0. The number of carbonyl (C=O) groups is 1. The van der Waals surface area contributed by atoms with Gasteiger partial charge in [-0.2, -0.15) is 5.10 Å². The number of carbonyl (C=O) groups excluding carboxylic acids is 1. The summed E-state index contributed by atoms with van der Waals surface area (Å²) in [5, 5.41) is 7.23. The normalized spacial score (nSPS) is 10.5. The van der Waals surface area contributed by atoms with Gasteiger partial charge >= 0.3 is 0 Å². The molecular weight excluding hydrogens is 294 g/mol. The van der Waals surface area contributed by atoms with E-state index < -0.39 is 11.3 Å². The maximum absolute atomic E-state index is 12.5. The minimum atomic E-state index is -0.569. The molecule has 23 heavy (non-hydrogen) atoms. The first-order valence-corrected chi connectivity index (χ1v) is 7.02. The Morgan fingerprint density at radius 1 is 1.13 bits per heavy atom. The van der Waals surface area contributed by atoms with Crippen LogP contribution in [0.5, 0.6) is 5.75 Å². The number of nitrogens with one attached hydrogen (secondary N) is 1. The summed E-state index contributed by atoms with van der Waals surface area (Å²) in [6, 6.07) is 14.0. The lowest BCUT2D eigenvalue weighted by Gasteiger charge is -2.10. The van der Waals surface area contributed by atoms with Crippen molar-refractivity contribution >= 4 is 22.5 Å². The molecule has 3 aromatic rings. The lowest BCUT2D eigenvalue weighted by atomic mass is 10.2. The zero-order chi connectivity index (χ0) is 16.4. The molecule has 0 fully saturated rings. The smallest absolute Gasteiger partial charge is 0.280 e. The van der Waals surface area contributed by atoms with E-state index in [0.717, 1.165) is 0 Å². The molecule has 6 nitrogen and oxygen atoms in total. The van der Waals surface area contributed by atoms with Crippen molar-refractivity contribution in [2.75, 3.05) is 12.4 Å². The van der Waals surface area contributed by atoms with Crippen molar-refractivity contribution in [3.05, 3.63) is 64.4 Å². The fraction of sp³-hybridized carbons (Fsp3) is 0.118. The molecule has 0 saturated heterocycles. The highest BCUT2D eigenvalue weighted by Gasteiger charge is 2.17. The molecule has 0 radical (unpaired) electrons. The van der Waals surface area contributed by atoms with Gasteiger partial charge in [0, 0.05) is 12.4 Å². The Labute approximate surface area is 132 Å². The molecule has 0 saturated carbocycles. The molecule has 3 rings (SSSR count). The predicted molar refractivity (Wildman–Crippen MR) is 87.9 cm³/mol. The number of fused-ring (bicyclic) bond motifs is 1. The van der Waals surface area contributed by atoms with Gasteiger partial charge in [0.15, 0.2) is 5.69 Å². The zero-order valence-electron chi connectivity index (χ0n) is 12.7. The van der Waals surface area contributed by atoms with Gasteiger partial charge in [0.05, 0.1) is 18.3 Å². The van der Waals surface area contributed by atoms with Crippen LogP contribution in [-0.4, -0.2) is 22.8 Å². The maximum atomic E-state index is 12.5. The van der Waals surface area contributed by atoms with E-state index in [1.54, 1.807) is 49.5 Å². The first-order chi connectivity index (χ1) is 11.1. The molecule has 0 unspecified atom stereocenters. The van der Waals surface area contributed by atoms with Crippen LogP contribution in [0.1, 0.15) is 10.5 Å². The number of nitrogens with zero attached hydrogens (tertiary/aromatic N) is 2. The topological polar surface area (TPSA) is 73.2 Å². The number of hydrogen-bond donors (Lipinski definition) is 1. The molecule has 0 aliphatic rings. The van der Waals surface area contributed by atoms with Gasteiger partial charge in [0.1, 0.15) is 5.75 Å². The maximum Gasteiger partial charge on any atom is 0.280 e. The summed E-state index contributed by atoms with van der Waals surface area (Å²) in [4.78, 5) is 25.0. The van der Waals surface area contributed by atoms with E-state index in [0.29, 0.717) is 22.3 Å². The van der Waals surface area contributed by atoms with Gasteiger partial charge in [-0.1, -0.05) is 24.3 Å². The molecule has 0 aliphatic carbocycles. The second-order valence-corrected chi connectivity index (χ2v) is 4.97. The molecule has 1 heterocycles. The molecule has 0 bridgehead atoms. The number of amides is 1. The predicted octanol–water partition coefficient (Wildman–Crippen LogP) is 2.19. The van der Waals surface area contributed by atoms with Crippen molar-refractivity contribution in [3.8, 4) is 5.75 Å². The molecule has 2 aromatic carbocycles. The second-order valence-electron chi connectivity index (χ2n) is 4.97. The number of benzene rings is 2. The molecule has 1 N–H and O–H groups in total. The standard InChI is InChI=1S/C17H15N3O3/c1-20-13-9-5-3-7-11(13)16(21)15(19-20)17(22)18-12-8-4-6-10-14(12)23-2/h3-10H,1-2H3,(H,18,22). The third kappa shape index (κ3) is 2.66. The molecule has 0 aliphatic heterocycles. The van der Waals surface area contributed by atoms with Crippen molar-refractivity contribution in [2.45, 2.75) is 0 Å². The SMILES string of the molecule is COc1ccccc1NC(=O)c1nn(C)c2ccccc2c1=O. The second kappa shape index (κ2) is 5.92. The number of anilines is 1. The summed E-state index contributed by atoms with van der Waals surface area (Å²) in [6.45, 7) is 0. The lowest BCUT2D eigenvalue weighted by Crippen LogP contribution is -2.26. The first kappa shape index (κ1) is 14.8. The van der Waals surface area contributed by atoms with E-state index in [1.165, 1.54) is 11.8 Å². The fourth-order valence-corrected chi connectivity index (χ4v) is 2.40. The third-order valence-corrected chi connectivity index (χ3v) is 3.53. The van der Waals surface area contributed by atoms with Crippen LogP contribution in [0, 0.1) is 0 Å². The lowest BCUT2D eigenvalue weighted by molar-refractivity contribution is 0.101. The van der Waals surface area contributed by atoms with Gasteiger partial charge in [0.25, 0.3) is 5.91 Å². The van der Waals surface area contributed by atoms with Gasteiger partial charge in [-0.3, -0.25) is 14.3 Å². The van der Waals surface area contributed by atoms with Gasteiger partial charge in [-0.25, -0.2) is 0 Å². The van der Waals surface area contributed by atoms with Crippen LogP contribution in [0.25, 0.3) is 10.9 Å². The van der Waals surface area contributed by atoms with E-state index in [1.807, 2.05) is 6.07 Å². The Hall–Kier alpha value is -3.15. The van der Waals surface area contributed by atoms with Crippen molar-refractivity contribution in [2.24, 2.45) is 7.05 Å². The highest BCUT2D eigenvalue weighted by Crippen LogP contribution is 2.23. The largest absolute Gasteiger partial charge is 0.495 e. The highest BCUT2D eigenvalue weighted by atomic mass is 16.5. The molecule has 0 atom stereocenters. The number of aryl methyl sites for hydroxylation is 1. The van der Waals surface area contributed by atoms with E-state index in [4.69, 9.17) is 4.74 Å². The van der Waals surface area contributed by atoms with E-state index in [2.05, 4.69) is 10.4 Å². The third-order valence-electron chi connectivity index (χ3n) is 3.53. The molecule has 1 aromatic heterocycles. The number of methoxy groups -OCH3 is 1. The summed E-state index contributed by atoms with van der Waals surface area (Å²) in [5.41, 5.74) is 0.603. The summed E-state index contributed by atoms with van der Waals surface area (Å²) < 4.78 is 6.71. The van der Waals surface area contributed by atoms with Crippen LogP contribution in [0.3, 0.4) is 0 Å². The molecule has 6 heteroatoms. The van der Waals surface area contributed by atoms with Crippen molar-refractivity contribution in [3.63, 3.8) is 0 Å². The minimum Gasteiger partial charge on any atom is -0.495 e. The number of ether oxygens (including phenoxy) is 1. The van der Waals surface area contributed by atoms with Crippen molar-refractivity contribution < 1.29 is 9.53 Å². The monoisotopic (exact) mass is 309 g/mol. The van der Waals surface area contributed by atoms with Gasteiger partial charge in [-0.05, 0) is 24.3 Å². The van der Waals surface area contributed by atoms with Gasteiger partial charge in [-0.15, -0.1) is 0 Å². The Balaban J connectivity index is 2.05. The van der Waals surface area contributed by atoms with E-state index in [9.17, 15) is 9.59 Å². The number of para-hydroxylation sites is 3. The van der Waals surface area contributed by atoms with Crippen LogP contribution in [0.4, 0.5) is 5.69 Å².